The van der Waals surface area contributed by atoms with Gasteiger partial charge in [0, 0.05) is 51.4 Å². The number of para-hydroxylation sites is 1. The molecule has 4 heteroatoms. The summed E-state index contributed by atoms with van der Waals surface area (Å²) in [6.45, 7) is 4.48. The maximum atomic E-state index is 3.75. The number of hydrogen-bond donors (Lipinski definition) is 0. The standard InChI is InChI=1S/C16H14INSi2/c1-16(2,15(19)20)18-13-6-4-3-5-11(13)12-9-10(17)7-8-14(12)18/h3-9,15H,1-2H3. The van der Waals surface area contributed by atoms with E-state index in [0.29, 0.717) is 0 Å². The van der Waals surface area contributed by atoms with E-state index < -0.39 is 0 Å². The van der Waals surface area contributed by atoms with Gasteiger partial charge < -0.3 is 4.57 Å². The minimum absolute atomic E-state index is 0.0814. The Morgan fingerprint density at radius 3 is 2.35 bits per heavy atom. The number of halogens is 1. The first kappa shape index (κ1) is 14.3. The first-order valence-electron chi connectivity index (χ1n) is 6.54. The molecule has 0 saturated heterocycles. The summed E-state index contributed by atoms with van der Waals surface area (Å²) in [5.74, 6) is 0. The summed E-state index contributed by atoms with van der Waals surface area (Å²) in [5.41, 5.74) is 2.47. The van der Waals surface area contributed by atoms with E-state index >= 15 is 0 Å². The molecule has 0 saturated carbocycles. The van der Waals surface area contributed by atoms with Crippen LogP contribution in [0, 0.1) is 3.57 Å². The molecule has 0 unspecified atom stereocenters. The van der Waals surface area contributed by atoms with E-state index in [4.69, 9.17) is 0 Å². The molecular formula is C16H14INSi2. The molecule has 0 N–H and O–H groups in total. The first-order chi connectivity index (χ1) is 9.43. The van der Waals surface area contributed by atoms with Crippen molar-refractivity contribution in [3.05, 3.63) is 46.0 Å². The Bertz CT molecular complexity index is 790. The minimum atomic E-state index is -0.0814. The lowest BCUT2D eigenvalue weighted by Crippen LogP contribution is -2.32. The van der Waals surface area contributed by atoms with Gasteiger partial charge >= 0.3 is 0 Å². The zero-order valence-electron chi connectivity index (χ0n) is 11.4. The molecule has 0 bridgehead atoms. The second-order valence-electron chi connectivity index (χ2n) is 5.60. The Morgan fingerprint density at radius 1 is 1.00 bits per heavy atom. The van der Waals surface area contributed by atoms with Gasteiger partial charge in [0.25, 0.3) is 0 Å². The fraction of sp³-hybridized carbons (Fsp3) is 0.250. The molecule has 0 fully saturated rings. The minimum Gasteiger partial charge on any atom is -0.335 e. The van der Waals surface area contributed by atoms with E-state index in [-0.39, 0.29) is 10.7 Å². The third kappa shape index (κ3) is 2.08. The average Bonchev–Trinajstić information content (AvgIpc) is 2.73. The molecular weight excluding hydrogens is 389 g/mol. The first-order valence-corrected chi connectivity index (χ1v) is 8.77. The summed E-state index contributed by atoms with van der Waals surface area (Å²) in [7, 11) is 7.50. The number of rotatable bonds is 2. The van der Waals surface area contributed by atoms with Gasteiger partial charge in [-0.05, 0) is 65.9 Å². The molecule has 0 spiro atoms. The molecule has 0 atom stereocenters. The van der Waals surface area contributed by atoms with Gasteiger partial charge in [-0.25, -0.2) is 0 Å². The Kier molecular flexibility index (Phi) is 3.58. The topological polar surface area (TPSA) is 4.93 Å². The molecule has 0 aliphatic heterocycles. The second-order valence-corrected chi connectivity index (χ2v) is 8.58. The fourth-order valence-corrected chi connectivity index (χ4v) is 3.44. The molecule has 98 valence electrons. The van der Waals surface area contributed by atoms with Gasteiger partial charge in [-0.3, -0.25) is 0 Å². The highest BCUT2D eigenvalue weighted by atomic mass is 127. The largest absolute Gasteiger partial charge is 0.335 e. The van der Waals surface area contributed by atoms with Gasteiger partial charge in [0.15, 0.2) is 0 Å². The van der Waals surface area contributed by atoms with E-state index in [1.807, 2.05) is 0 Å². The van der Waals surface area contributed by atoms with Crippen molar-refractivity contribution in [2.75, 3.05) is 0 Å². The highest BCUT2D eigenvalue weighted by molar-refractivity contribution is 14.1. The lowest BCUT2D eigenvalue weighted by atomic mass is 10.1. The Labute approximate surface area is 139 Å². The van der Waals surface area contributed by atoms with Crippen molar-refractivity contribution in [2.45, 2.75) is 24.6 Å². The van der Waals surface area contributed by atoms with Crippen LogP contribution in [0.2, 0.25) is 5.16 Å². The predicted octanol–water partition coefficient (Wildman–Crippen LogP) is 4.22. The van der Waals surface area contributed by atoms with Crippen LogP contribution in [0.4, 0.5) is 0 Å². The van der Waals surface area contributed by atoms with Crippen LogP contribution >= 0.6 is 22.6 Å². The van der Waals surface area contributed by atoms with E-state index in [1.54, 1.807) is 0 Å². The fourth-order valence-electron chi connectivity index (χ4n) is 2.70. The van der Waals surface area contributed by atoms with E-state index in [1.165, 1.54) is 25.4 Å². The molecule has 3 aromatic rings. The van der Waals surface area contributed by atoms with Gasteiger partial charge in [0.1, 0.15) is 0 Å². The van der Waals surface area contributed by atoms with Crippen molar-refractivity contribution in [1.82, 2.24) is 4.57 Å². The van der Waals surface area contributed by atoms with Gasteiger partial charge in [0.2, 0.25) is 0 Å². The zero-order valence-corrected chi connectivity index (χ0v) is 15.6. The normalized spacial score (nSPS) is 12.7. The van der Waals surface area contributed by atoms with Crippen LogP contribution in [-0.2, 0) is 5.54 Å². The summed E-state index contributed by atoms with van der Waals surface area (Å²) in [5, 5.41) is 2.81. The lowest BCUT2D eigenvalue weighted by Gasteiger charge is -2.33. The number of benzene rings is 2. The molecule has 0 amide bonds. The van der Waals surface area contributed by atoms with Crippen molar-refractivity contribution < 1.29 is 0 Å². The molecule has 1 nitrogen and oxygen atoms in total. The zero-order chi connectivity index (χ0) is 14.5. The van der Waals surface area contributed by atoms with Crippen LogP contribution < -0.4 is 0 Å². The van der Waals surface area contributed by atoms with Crippen molar-refractivity contribution in [3.8, 4) is 0 Å². The molecule has 1 aromatic heterocycles. The number of hydrogen-bond acceptors (Lipinski definition) is 0. The quantitative estimate of drug-likeness (QED) is 0.446. The predicted molar refractivity (Wildman–Crippen MR) is 96.7 cm³/mol. The Hall–Kier alpha value is -0.596. The summed E-state index contributed by atoms with van der Waals surface area (Å²) in [4.78, 5) is 0. The SMILES string of the molecule is CC(C)(C([Si])[Si])n1c2ccccc2c2cc(I)ccc21. The summed E-state index contributed by atoms with van der Waals surface area (Å²) in [6, 6.07) is 15.3. The third-order valence-electron chi connectivity index (χ3n) is 3.92. The van der Waals surface area contributed by atoms with Gasteiger partial charge in [-0.1, -0.05) is 18.2 Å². The monoisotopic (exact) mass is 403 g/mol. The average molecular weight is 403 g/mol. The highest BCUT2D eigenvalue weighted by Crippen LogP contribution is 2.38. The van der Waals surface area contributed by atoms with Crippen LogP contribution in [0.15, 0.2) is 42.5 Å². The third-order valence-corrected chi connectivity index (χ3v) is 6.00. The van der Waals surface area contributed by atoms with Crippen LogP contribution in [0.1, 0.15) is 13.8 Å². The molecule has 1 heterocycles. The molecule has 0 aliphatic carbocycles. The van der Waals surface area contributed by atoms with Gasteiger partial charge in [0.05, 0.1) is 0 Å². The van der Waals surface area contributed by atoms with Crippen LogP contribution in [-0.4, -0.2) is 25.1 Å². The number of fused-ring (bicyclic) bond motifs is 3. The molecule has 2 aromatic carbocycles. The van der Waals surface area contributed by atoms with Crippen molar-refractivity contribution in [3.63, 3.8) is 0 Å². The smallest absolute Gasteiger partial charge is 0.0497 e. The van der Waals surface area contributed by atoms with E-state index in [0.717, 1.165) is 0 Å². The molecule has 0 aliphatic rings. The Morgan fingerprint density at radius 2 is 1.65 bits per heavy atom. The summed E-state index contributed by atoms with van der Waals surface area (Å²) >= 11 is 2.38. The van der Waals surface area contributed by atoms with E-state index in [2.05, 4.69) is 104 Å². The van der Waals surface area contributed by atoms with Gasteiger partial charge in [-0.15, -0.1) is 0 Å². The van der Waals surface area contributed by atoms with Crippen LogP contribution in [0.5, 0.6) is 0 Å². The lowest BCUT2D eigenvalue weighted by molar-refractivity contribution is 0.403. The maximum absolute atomic E-state index is 3.75. The highest BCUT2D eigenvalue weighted by Gasteiger charge is 2.28. The van der Waals surface area contributed by atoms with Crippen molar-refractivity contribution >= 4 is 64.9 Å². The molecule has 20 heavy (non-hydrogen) atoms. The van der Waals surface area contributed by atoms with E-state index in [9.17, 15) is 0 Å². The maximum Gasteiger partial charge on any atom is 0.0497 e. The van der Waals surface area contributed by atoms with Crippen LogP contribution in [0.3, 0.4) is 0 Å². The number of nitrogens with zero attached hydrogens (tertiary/aromatic N) is 1. The van der Waals surface area contributed by atoms with Crippen molar-refractivity contribution in [1.29, 1.82) is 0 Å². The molecule has 6 radical (unpaired) electrons. The summed E-state index contributed by atoms with van der Waals surface area (Å²) in [6.07, 6.45) is 0. The van der Waals surface area contributed by atoms with Crippen LogP contribution in [0.25, 0.3) is 21.8 Å². The molecule has 3 rings (SSSR count). The Balaban J connectivity index is 2.51. The number of aromatic nitrogens is 1. The second kappa shape index (κ2) is 5.00. The summed E-state index contributed by atoms with van der Waals surface area (Å²) < 4.78 is 3.68. The van der Waals surface area contributed by atoms with Gasteiger partial charge in [-0.2, -0.15) is 0 Å². The van der Waals surface area contributed by atoms with Crippen molar-refractivity contribution in [2.24, 2.45) is 0 Å².